The summed E-state index contributed by atoms with van der Waals surface area (Å²) in [6, 6.07) is 26.9. The molecule has 0 radical (unpaired) electrons. The third kappa shape index (κ3) is 6.90. The number of thioether (sulfide) groups is 1. The lowest BCUT2D eigenvalue weighted by Crippen LogP contribution is -2.33. The first kappa shape index (κ1) is 34.2. The van der Waals surface area contributed by atoms with Gasteiger partial charge in [0.15, 0.2) is 0 Å². The third-order valence-electron chi connectivity index (χ3n) is 10.9. The van der Waals surface area contributed by atoms with Crippen LogP contribution in [0.1, 0.15) is 78.7 Å². The Morgan fingerprint density at radius 1 is 0.784 bits per heavy atom. The number of hydrogen-bond donors (Lipinski definition) is 0. The number of anilines is 1. The molecule has 1 aromatic heterocycles. The van der Waals surface area contributed by atoms with Gasteiger partial charge >= 0.3 is 0 Å². The van der Waals surface area contributed by atoms with Crippen LogP contribution in [0.25, 0.3) is 37.8 Å². The van der Waals surface area contributed by atoms with Gasteiger partial charge in [-0.15, -0.1) is 0 Å². The average Bonchev–Trinajstić information content (AvgIpc) is 3.63. The fraction of sp³-hybridized carbons (Fsp3) is 0.340. The second-order valence-electron chi connectivity index (χ2n) is 16.4. The first-order valence-corrected chi connectivity index (χ1v) is 20.6. The number of allylic oxidation sites excluding steroid dienone is 8. The van der Waals surface area contributed by atoms with Gasteiger partial charge in [0.05, 0.1) is 11.1 Å². The van der Waals surface area contributed by atoms with Gasteiger partial charge < -0.3 is 4.90 Å². The highest BCUT2D eigenvalue weighted by Gasteiger charge is 2.34. The summed E-state index contributed by atoms with van der Waals surface area (Å²) in [5.74, 6) is 0. The SMILES string of the molecule is CCN1c2ccc3ccccc3c2SC1CC1=C/C(=C/C=CC2=C/C(=C/c3sc4c5ccccc5ccc4[n+]3CC)CC(C)(C)C2)CC(C)(C)C1. The number of benzene rings is 4. The molecule has 0 saturated carbocycles. The van der Waals surface area contributed by atoms with Crippen molar-refractivity contribution >= 4 is 66.6 Å². The molecule has 0 amide bonds. The number of aryl methyl sites for hydroxylation is 1. The van der Waals surface area contributed by atoms with E-state index in [4.69, 9.17) is 0 Å². The predicted molar refractivity (Wildman–Crippen MR) is 224 cm³/mol. The second kappa shape index (κ2) is 13.6. The van der Waals surface area contributed by atoms with Crippen molar-refractivity contribution in [3.05, 3.63) is 130 Å². The Balaban J connectivity index is 1.05. The van der Waals surface area contributed by atoms with E-state index in [0.29, 0.717) is 5.37 Å². The summed E-state index contributed by atoms with van der Waals surface area (Å²) in [5, 5.41) is 7.20. The molecule has 1 unspecified atom stereocenters. The summed E-state index contributed by atoms with van der Waals surface area (Å²) in [6.07, 6.45) is 20.2. The molecule has 4 aromatic carbocycles. The molecule has 2 heterocycles. The van der Waals surface area contributed by atoms with Crippen LogP contribution in [0, 0.1) is 10.8 Å². The van der Waals surface area contributed by atoms with Gasteiger partial charge in [0.25, 0.3) is 5.01 Å². The molecular formula is C47H51N2S2+. The van der Waals surface area contributed by atoms with Crippen molar-refractivity contribution in [3.8, 4) is 0 Å². The standard InChI is InChI=1S/C47H51N2S2/c1-7-48-40-22-20-36-16-9-11-18-38(36)44(40)50-42(48)26-34-24-32(28-46(3,4)30-34)14-13-15-33-25-35(31-47(5,6)29-33)27-43-49(8-2)41-23-21-37-17-10-12-19-39(37)45(41)51-43/h9-26,43H,7-8,27-31H2,1-6H3/q+1/b14-13?,33-15-,34-26-. The molecular weight excluding hydrogens is 657 g/mol. The largest absolute Gasteiger partial charge is 0.358 e. The van der Waals surface area contributed by atoms with Gasteiger partial charge in [0, 0.05) is 29.0 Å². The van der Waals surface area contributed by atoms with E-state index in [9.17, 15) is 0 Å². The summed E-state index contributed by atoms with van der Waals surface area (Å²) in [4.78, 5) is 4.08. The van der Waals surface area contributed by atoms with E-state index in [1.165, 1.54) is 70.5 Å². The number of aromatic nitrogens is 1. The lowest BCUT2D eigenvalue weighted by Gasteiger charge is -2.34. The van der Waals surface area contributed by atoms with Crippen LogP contribution < -0.4 is 9.47 Å². The molecule has 0 fully saturated rings. The van der Waals surface area contributed by atoms with Crippen molar-refractivity contribution in [2.45, 2.75) is 90.5 Å². The highest BCUT2D eigenvalue weighted by Crippen LogP contribution is 2.50. The molecule has 0 bridgehead atoms. The summed E-state index contributed by atoms with van der Waals surface area (Å²) < 4.78 is 3.89. The molecule has 260 valence electrons. The van der Waals surface area contributed by atoms with E-state index in [-0.39, 0.29) is 10.8 Å². The Bertz CT molecular complexity index is 2310. The Labute approximate surface area is 313 Å². The highest BCUT2D eigenvalue weighted by molar-refractivity contribution is 8.00. The molecule has 51 heavy (non-hydrogen) atoms. The van der Waals surface area contributed by atoms with Crippen LogP contribution in [0.2, 0.25) is 0 Å². The molecule has 1 aliphatic heterocycles. The molecule has 8 rings (SSSR count). The minimum Gasteiger partial charge on any atom is -0.358 e. The van der Waals surface area contributed by atoms with Crippen LogP contribution in [-0.2, 0) is 6.54 Å². The van der Waals surface area contributed by atoms with Gasteiger partial charge in [-0.25, -0.2) is 0 Å². The van der Waals surface area contributed by atoms with E-state index in [2.05, 4.69) is 172 Å². The minimum atomic E-state index is 0.223. The fourth-order valence-corrected chi connectivity index (χ4v) is 11.9. The van der Waals surface area contributed by atoms with Gasteiger partial charge in [-0.3, -0.25) is 0 Å². The molecule has 2 aliphatic carbocycles. The molecule has 3 aliphatic rings. The number of thiazole rings is 1. The number of rotatable bonds is 7. The molecule has 0 N–H and O–H groups in total. The van der Waals surface area contributed by atoms with E-state index in [1.54, 1.807) is 5.57 Å². The van der Waals surface area contributed by atoms with E-state index >= 15 is 0 Å². The van der Waals surface area contributed by atoms with Crippen LogP contribution >= 0.6 is 23.1 Å². The highest BCUT2D eigenvalue weighted by atomic mass is 32.2. The third-order valence-corrected chi connectivity index (χ3v) is 13.5. The first-order chi connectivity index (χ1) is 24.6. The lowest BCUT2D eigenvalue weighted by atomic mass is 9.74. The molecule has 4 heteroatoms. The maximum Gasteiger partial charge on any atom is 0.263 e. The molecule has 1 atom stereocenters. The van der Waals surface area contributed by atoms with Crippen LogP contribution in [0.4, 0.5) is 5.69 Å². The molecule has 0 saturated heterocycles. The van der Waals surface area contributed by atoms with E-state index in [0.717, 1.165) is 38.8 Å². The van der Waals surface area contributed by atoms with Crippen molar-refractivity contribution in [1.29, 1.82) is 0 Å². The van der Waals surface area contributed by atoms with E-state index < -0.39 is 0 Å². The van der Waals surface area contributed by atoms with Crippen LogP contribution in [0.15, 0.2) is 130 Å². The van der Waals surface area contributed by atoms with Gasteiger partial charge in [0.1, 0.15) is 11.2 Å². The van der Waals surface area contributed by atoms with Crippen molar-refractivity contribution in [2.75, 3.05) is 11.4 Å². The Morgan fingerprint density at radius 3 is 2.27 bits per heavy atom. The number of nitrogens with zero attached hydrogens (tertiary/aromatic N) is 2. The maximum absolute atomic E-state index is 2.63. The molecule has 0 spiro atoms. The van der Waals surface area contributed by atoms with Crippen LogP contribution in [-0.4, -0.2) is 11.9 Å². The summed E-state index contributed by atoms with van der Waals surface area (Å²) in [6.45, 7) is 16.3. The Hall–Kier alpha value is -3.86. The van der Waals surface area contributed by atoms with Gasteiger partial charge in [0.2, 0.25) is 5.52 Å². The van der Waals surface area contributed by atoms with Gasteiger partial charge in [-0.05, 0) is 102 Å². The monoisotopic (exact) mass is 707 g/mol. The lowest BCUT2D eigenvalue weighted by molar-refractivity contribution is -0.665. The zero-order valence-corrected chi connectivity index (χ0v) is 32.8. The summed E-state index contributed by atoms with van der Waals surface area (Å²) in [7, 11) is 0. The Kier molecular flexibility index (Phi) is 9.13. The van der Waals surface area contributed by atoms with Crippen molar-refractivity contribution < 1.29 is 4.57 Å². The topological polar surface area (TPSA) is 7.12 Å². The van der Waals surface area contributed by atoms with Crippen molar-refractivity contribution in [2.24, 2.45) is 10.8 Å². The number of hydrogen-bond acceptors (Lipinski definition) is 3. The molecule has 5 aromatic rings. The first-order valence-electron chi connectivity index (χ1n) is 18.9. The predicted octanol–water partition coefficient (Wildman–Crippen LogP) is 13.2. The normalized spacial score (nSPS) is 21.7. The van der Waals surface area contributed by atoms with Crippen LogP contribution in [0.5, 0.6) is 0 Å². The fourth-order valence-electron chi connectivity index (χ4n) is 8.94. The number of fused-ring (bicyclic) bond motifs is 6. The van der Waals surface area contributed by atoms with E-state index in [1.807, 2.05) is 11.3 Å². The van der Waals surface area contributed by atoms with Crippen LogP contribution in [0.3, 0.4) is 0 Å². The maximum atomic E-state index is 2.63. The smallest absolute Gasteiger partial charge is 0.263 e. The summed E-state index contributed by atoms with van der Waals surface area (Å²) in [5.41, 5.74) is 9.13. The van der Waals surface area contributed by atoms with Gasteiger partial charge in [-0.1, -0.05) is 141 Å². The second-order valence-corrected chi connectivity index (χ2v) is 18.6. The van der Waals surface area contributed by atoms with Crippen molar-refractivity contribution in [3.63, 3.8) is 0 Å². The average molecular weight is 708 g/mol. The Morgan fingerprint density at radius 2 is 1.49 bits per heavy atom. The minimum absolute atomic E-state index is 0.223. The van der Waals surface area contributed by atoms with Crippen molar-refractivity contribution in [1.82, 2.24) is 0 Å². The van der Waals surface area contributed by atoms with Gasteiger partial charge in [-0.2, -0.15) is 4.57 Å². The molecule has 2 nitrogen and oxygen atoms in total. The zero-order chi connectivity index (χ0) is 35.3. The zero-order valence-electron chi connectivity index (χ0n) is 31.1. The summed E-state index contributed by atoms with van der Waals surface area (Å²) >= 11 is 4.01. The quantitative estimate of drug-likeness (QED) is 0.155.